The zero-order chi connectivity index (χ0) is 12.6. The van der Waals surface area contributed by atoms with Gasteiger partial charge >= 0.3 is 0 Å². The molecule has 2 aliphatic rings. The lowest BCUT2D eigenvalue weighted by Gasteiger charge is -2.34. The molecule has 1 saturated carbocycles. The SMILES string of the molecule is CC1CCC(CCc2nc(C3(N)CCC3)no2)O1. The average molecular weight is 251 g/mol. The lowest BCUT2D eigenvalue weighted by molar-refractivity contribution is 0.0500. The molecule has 2 heterocycles. The van der Waals surface area contributed by atoms with E-state index in [1.54, 1.807) is 0 Å². The summed E-state index contributed by atoms with van der Waals surface area (Å²) >= 11 is 0. The maximum absolute atomic E-state index is 6.16. The molecule has 5 heteroatoms. The Hall–Kier alpha value is -0.940. The number of ether oxygens (including phenoxy) is 1. The second kappa shape index (κ2) is 4.63. The smallest absolute Gasteiger partial charge is 0.226 e. The van der Waals surface area contributed by atoms with Gasteiger partial charge in [0.05, 0.1) is 17.7 Å². The normalized spacial score (nSPS) is 30.3. The monoisotopic (exact) mass is 251 g/mol. The highest BCUT2D eigenvalue weighted by Crippen LogP contribution is 2.37. The lowest BCUT2D eigenvalue weighted by Crippen LogP contribution is -2.44. The highest BCUT2D eigenvalue weighted by atomic mass is 16.5. The predicted octanol–water partition coefficient (Wildman–Crippen LogP) is 1.91. The Morgan fingerprint density at radius 1 is 1.39 bits per heavy atom. The molecule has 1 aromatic rings. The van der Waals surface area contributed by atoms with Crippen LogP contribution in [0.1, 0.15) is 57.2 Å². The molecule has 0 radical (unpaired) electrons. The molecule has 100 valence electrons. The molecular weight excluding hydrogens is 230 g/mol. The maximum atomic E-state index is 6.16. The topological polar surface area (TPSA) is 74.2 Å². The Labute approximate surface area is 107 Å². The van der Waals surface area contributed by atoms with Crippen LogP contribution in [0, 0.1) is 0 Å². The van der Waals surface area contributed by atoms with Crippen molar-refractivity contribution in [3.05, 3.63) is 11.7 Å². The van der Waals surface area contributed by atoms with E-state index in [-0.39, 0.29) is 5.54 Å². The first-order valence-electron chi connectivity index (χ1n) is 6.93. The van der Waals surface area contributed by atoms with E-state index in [1.165, 1.54) is 0 Å². The summed E-state index contributed by atoms with van der Waals surface area (Å²) in [4.78, 5) is 4.43. The highest BCUT2D eigenvalue weighted by molar-refractivity contribution is 5.08. The van der Waals surface area contributed by atoms with Crippen LogP contribution < -0.4 is 5.73 Å². The molecule has 0 aromatic carbocycles. The van der Waals surface area contributed by atoms with Crippen molar-refractivity contribution in [2.24, 2.45) is 5.73 Å². The number of nitrogens with zero attached hydrogens (tertiary/aromatic N) is 2. The molecule has 2 atom stereocenters. The summed E-state index contributed by atoms with van der Waals surface area (Å²) in [5, 5.41) is 4.02. The van der Waals surface area contributed by atoms with Gasteiger partial charge in [-0.05, 0) is 45.4 Å². The summed E-state index contributed by atoms with van der Waals surface area (Å²) in [7, 11) is 0. The minimum atomic E-state index is -0.319. The third-order valence-corrected chi connectivity index (χ3v) is 4.16. The van der Waals surface area contributed by atoms with E-state index in [2.05, 4.69) is 17.1 Å². The van der Waals surface area contributed by atoms with E-state index < -0.39 is 0 Å². The van der Waals surface area contributed by atoms with Gasteiger partial charge in [0.25, 0.3) is 0 Å². The molecule has 1 aromatic heterocycles. The van der Waals surface area contributed by atoms with Gasteiger partial charge in [0.2, 0.25) is 5.89 Å². The molecule has 1 aliphatic carbocycles. The number of rotatable bonds is 4. The molecule has 2 fully saturated rings. The fraction of sp³-hybridized carbons (Fsp3) is 0.846. The largest absolute Gasteiger partial charge is 0.375 e. The van der Waals surface area contributed by atoms with E-state index in [4.69, 9.17) is 15.0 Å². The number of hydrogen-bond donors (Lipinski definition) is 1. The van der Waals surface area contributed by atoms with Crippen molar-refractivity contribution in [3.63, 3.8) is 0 Å². The summed E-state index contributed by atoms with van der Waals surface area (Å²) in [5.41, 5.74) is 5.84. The Bertz CT molecular complexity index is 414. The van der Waals surface area contributed by atoms with Crippen LogP contribution in [0.15, 0.2) is 4.52 Å². The van der Waals surface area contributed by atoms with Crippen LogP contribution in [0.3, 0.4) is 0 Å². The second-order valence-corrected chi connectivity index (χ2v) is 5.71. The lowest BCUT2D eigenvalue weighted by atomic mass is 9.77. The fourth-order valence-corrected chi connectivity index (χ4v) is 2.72. The van der Waals surface area contributed by atoms with E-state index in [1.807, 2.05) is 0 Å². The van der Waals surface area contributed by atoms with E-state index in [9.17, 15) is 0 Å². The van der Waals surface area contributed by atoms with Crippen molar-refractivity contribution in [3.8, 4) is 0 Å². The molecule has 2 unspecified atom stereocenters. The highest BCUT2D eigenvalue weighted by Gasteiger charge is 2.39. The zero-order valence-corrected chi connectivity index (χ0v) is 10.9. The molecule has 0 bridgehead atoms. The van der Waals surface area contributed by atoms with Crippen LogP contribution in [-0.2, 0) is 16.7 Å². The van der Waals surface area contributed by atoms with Gasteiger partial charge in [0.1, 0.15) is 0 Å². The van der Waals surface area contributed by atoms with Crippen LogP contribution in [0.5, 0.6) is 0 Å². The van der Waals surface area contributed by atoms with Crippen molar-refractivity contribution in [1.82, 2.24) is 10.1 Å². The zero-order valence-electron chi connectivity index (χ0n) is 10.9. The number of aryl methyl sites for hydroxylation is 1. The van der Waals surface area contributed by atoms with Crippen LogP contribution in [0.4, 0.5) is 0 Å². The van der Waals surface area contributed by atoms with Crippen molar-refractivity contribution in [2.45, 2.75) is 69.6 Å². The number of nitrogens with two attached hydrogens (primary N) is 1. The van der Waals surface area contributed by atoms with Crippen molar-refractivity contribution in [1.29, 1.82) is 0 Å². The summed E-state index contributed by atoms with van der Waals surface area (Å²) < 4.78 is 11.1. The van der Waals surface area contributed by atoms with Gasteiger partial charge in [-0.2, -0.15) is 4.98 Å². The average Bonchev–Trinajstić information content (AvgIpc) is 2.92. The second-order valence-electron chi connectivity index (χ2n) is 5.71. The van der Waals surface area contributed by atoms with Gasteiger partial charge in [-0.25, -0.2) is 0 Å². The molecular formula is C13H21N3O2. The maximum Gasteiger partial charge on any atom is 0.226 e. The molecule has 1 saturated heterocycles. The van der Waals surface area contributed by atoms with Gasteiger partial charge in [-0.15, -0.1) is 0 Å². The van der Waals surface area contributed by atoms with Gasteiger partial charge in [-0.1, -0.05) is 5.16 Å². The Kier molecular flexibility index (Phi) is 3.11. The Morgan fingerprint density at radius 2 is 2.22 bits per heavy atom. The van der Waals surface area contributed by atoms with E-state index >= 15 is 0 Å². The van der Waals surface area contributed by atoms with E-state index in [0.717, 1.165) is 44.9 Å². The Balaban J connectivity index is 1.54. The molecule has 18 heavy (non-hydrogen) atoms. The fourth-order valence-electron chi connectivity index (χ4n) is 2.72. The Morgan fingerprint density at radius 3 is 2.83 bits per heavy atom. The van der Waals surface area contributed by atoms with Crippen molar-refractivity contribution >= 4 is 0 Å². The minimum absolute atomic E-state index is 0.319. The summed E-state index contributed by atoms with van der Waals surface area (Å²) in [5.74, 6) is 1.38. The first-order valence-corrected chi connectivity index (χ1v) is 6.93. The minimum Gasteiger partial charge on any atom is -0.375 e. The van der Waals surface area contributed by atoms with Crippen molar-refractivity contribution < 1.29 is 9.26 Å². The quantitative estimate of drug-likeness (QED) is 0.884. The van der Waals surface area contributed by atoms with Crippen LogP contribution in [0.2, 0.25) is 0 Å². The molecule has 0 amide bonds. The summed E-state index contributed by atoms with van der Waals surface area (Å²) in [6, 6.07) is 0. The predicted molar refractivity (Wildman–Crippen MR) is 65.9 cm³/mol. The van der Waals surface area contributed by atoms with Crippen LogP contribution in [-0.4, -0.2) is 22.3 Å². The van der Waals surface area contributed by atoms with Crippen LogP contribution >= 0.6 is 0 Å². The van der Waals surface area contributed by atoms with E-state index in [0.29, 0.717) is 23.9 Å². The molecule has 3 rings (SSSR count). The summed E-state index contributed by atoms with van der Waals surface area (Å²) in [6.45, 7) is 2.12. The van der Waals surface area contributed by atoms with Gasteiger partial charge in [-0.3, -0.25) is 0 Å². The third-order valence-electron chi connectivity index (χ3n) is 4.16. The number of hydrogen-bond acceptors (Lipinski definition) is 5. The first-order chi connectivity index (χ1) is 8.66. The number of aromatic nitrogens is 2. The van der Waals surface area contributed by atoms with Gasteiger partial charge in [0.15, 0.2) is 5.82 Å². The molecule has 2 N–H and O–H groups in total. The first kappa shape index (κ1) is 12.1. The van der Waals surface area contributed by atoms with Crippen LogP contribution in [0.25, 0.3) is 0 Å². The molecule has 0 spiro atoms. The van der Waals surface area contributed by atoms with Gasteiger partial charge < -0.3 is 15.0 Å². The standard InChI is InChI=1S/C13H21N3O2/c1-9-3-4-10(17-9)5-6-11-15-12(16-18-11)13(14)7-2-8-13/h9-10H,2-8,14H2,1H3. The molecule has 1 aliphatic heterocycles. The van der Waals surface area contributed by atoms with Gasteiger partial charge in [0, 0.05) is 6.42 Å². The molecule has 5 nitrogen and oxygen atoms in total. The third kappa shape index (κ3) is 2.29. The summed E-state index contributed by atoms with van der Waals surface area (Å²) in [6.07, 6.45) is 7.90. The van der Waals surface area contributed by atoms with Crippen molar-refractivity contribution in [2.75, 3.05) is 0 Å².